The summed E-state index contributed by atoms with van der Waals surface area (Å²) in [6.45, 7) is 5.09. The van der Waals surface area contributed by atoms with E-state index in [9.17, 15) is 5.11 Å². The van der Waals surface area contributed by atoms with Crippen molar-refractivity contribution in [2.75, 3.05) is 13.2 Å². The van der Waals surface area contributed by atoms with Crippen molar-refractivity contribution in [3.05, 3.63) is 0 Å². The minimum atomic E-state index is -1.41. The van der Waals surface area contributed by atoms with Crippen LogP contribution in [0.4, 0.5) is 0 Å². The fourth-order valence-corrected chi connectivity index (χ4v) is 1.78. The monoisotopic (exact) mass is 253 g/mol. The van der Waals surface area contributed by atoms with Crippen LogP contribution >= 0.6 is 0 Å². The van der Waals surface area contributed by atoms with Crippen LogP contribution < -0.4 is 29.6 Å². The smallest absolute Gasteiger partial charge is 1.00 e. The molecule has 1 saturated heterocycles. The molecule has 0 amide bonds. The second-order valence-corrected chi connectivity index (χ2v) is 4.41. The van der Waals surface area contributed by atoms with Crippen LogP contribution in [0.15, 0.2) is 0 Å². The van der Waals surface area contributed by atoms with Gasteiger partial charge in [-0.3, -0.25) is 0 Å². The van der Waals surface area contributed by atoms with Crippen LogP contribution in [0, 0.1) is 5.92 Å². The first-order chi connectivity index (χ1) is 7.02. The van der Waals surface area contributed by atoms with Gasteiger partial charge in [-0.25, -0.2) is 4.90 Å². The molecule has 2 atom stereocenters. The summed E-state index contributed by atoms with van der Waals surface area (Å²) in [5.74, 6) is 0.347. The first-order valence-electron chi connectivity index (χ1n) is 5.44. The van der Waals surface area contributed by atoms with E-state index < -0.39 is 18.7 Å². The van der Waals surface area contributed by atoms with Crippen LogP contribution in [0.1, 0.15) is 26.7 Å². The molecule has 5 nitrogen and oxygen atoms in total. The normalized spacial score (nSPS) is 22.4. The van der Waals surface area contributed by atoms with Crippen molar-refractivity contribution in [3.63, 3.8) is 0 Å². The van der Waals surface area contributed by atoms with Gasteiger partial charge in [0.2, 0.25) is 6.41 Å². The Kier molecular flexibility index (Phi) is 11.6. The SMILES string of the molecule is CC(C)COC(O)N1CCCC1C(O)O.[B-].[Na+]. The third kappa shape index (κ3) is 6.54. The van der Waals surface area contributed by atoms with E-state index >= 15 is 0 Å². The van der Waals surface area contributed by atoms with Crippen molar-refractivity contribution in [2.24, 2.45) is 5.92 Å². The van der Waals surface area contributed by atoms with Crippen molar-refractivity contribution in [1.82, 2.24) is 4.90 Å². The molecule has 0 aromatic carbocycles. The van der Waals surface area contributed by atoms with Gasteiger partial charge in [-0.15, -0.1) is 0 Å². The van der Waals surface area contributed by atoms with Gasteiger partial charge in [-0.1, -0.05) is 13.8 Å². The molecule has 2 unspecified atom stereocenters. The molecular formula is C10H21BNNaO4. The maximum Gasteiger partial charge on any atom is 1.00 e. The van der Waals surface area contributed by atoms with Gasteiger partial charge >= 0.3 is 29.6 Å². The Morgan fingerprint density at radius 1 is 1.29 bits per heavy atom. The van der Waals surface area contributed by atoms with E-state index in [1.165, 1.54) is 0 Å². The first kappa shape index (κ1) is 20.2. The molecule has 1 aliphatic heterocycles. The molecular weight excluding hydrogens is 232 g/mol. The molecule has 0 aliphatic carbocycles. The molecule has 1 aliphatic rings. The molecule has 17 heavy (non-hydrogen) atoms. The van der Waals surface area contributed by atoms with E-state index in [-0.39, 0.29) is 38.0 Å². The summed E-state index contributed by atoms with van der Waals surface area (Å²) in [6, 6.07) is -0.410. The average molecular weight is 253 g/mol. The Bertz CT molecular complexity index is 197. The maximum atomic E-state index is 9.70. The third-order valence-corrected chi connectivity index (χ3v) is 2.55. The van der Waals surface area contributed by atoms with Crippen molar-refractivity contribution < 1.29 is 49.6 Å². The second kappa shape index (κ2) is 9.75. The first-order valence-corrected chi connectivity index (χ1v) is 5.44. The fourth-order valence-electron chi connectivity index (χ4n) is 1.78. The van der Waals surface area contributed by atoms with E-state index in [2.05, 4.69) is 0 Å². The van der Waals surface area contributed by atoms with Gasteiger partial charge in [0.1, 0.15) is 0 Å². The summed E-state index contributed by atoms with van der Waals surface area (Å²) in [4.78, 5) is 1.59. The molecule has 0 aromatic heterocycles. The van der Waals surface area contributed by atoms with Gasteiger partial charge in [0.25, 0.3) is 0 Å². The van der Waals surface area contributed by atoms with Crippen LogP contribution in [0.2, 0.25) is 0 Å². The van der Waals surface area contributed by atoms with Gasteiger partial charge in [0, 0.05) is 6.54 Å². The molecule has 7 heteroatoms. The molecule has 3 N–H and O–H groups in total. The van der Waals surface area contributed by atoms with E-state index in [1.807, 2.05) is 13.8 Å². The van der Waals surface area contributed by atoms with Crippen molar-refractivity contribution in [3.8, 4) is 0 Å². The van der Waals surface area contributed by atoms with E-state index in [0.29, 0.717) is 25.5 Å². The number of aliphatic hydroxyl groups is 3. The zero-order valence-corrected chi connectivity index (χ0v) is 12.9. The summed E-state index contributed by atoms with van der Waals surface area (Å²) in [5, 5.41) is 27.9. The van der Waals surface area contributed by atoms with Gasteiger partial charge in [-0.2, -0.15) is 0 Å². The molecule has 1 fully saturated rings. The molecule has 0 aromatic rings. The largest absolute Gasteiger partial charge is 1.00 e. The Hall–Kier alpha value is 0.865. The molecule has 0 bridgehead atoms. The molecule has 0 spiro atoms. The predicted molar refractivity (Wildman–Crippen MR) is 60.5 cm³/mol. The predicted octanol–water partition coefficient (Wildman–Crippen LogP) is -3.67. The second-order valence-electron chi connectivity index (χ2n) is 4.41. The quantitative estimate of drug-likeness (QED) is 0.348. The van der Waals surface area contributed by atoms with Gasteiger partial charge in [0.05, 0.1) is 12.6 Å². The van der Waals surface area contributed by atoms with E-state index in [4.69, 9.17) is 14.9 Å². The molecule has 94 valence electrons. The van der Waals surface area contributed by atoms with Crippen LogP contribution in [-0.2, 0) is 4.74 Å². The number of ether oxygens (including phenoxy) is 1. The standard InChI is InChI=1S/C10H21NO4.B.Na/c1-7(2)6-15-10(14)11-5-3-4-8(11)9(12)13;;/h7-10,12-14H,3-6H2,1-2H3;;/q;-1;+1. The number of aliphatic hydroxyl groups excluding tert-OH is 2. The van der Waals surface area contributed by atoms with E-state index in [1.54, 1.807) is 4.90 Å². The van der Waals surface area contributed by atoms with Gasteiger partial charge < -0.3 is 28.5 Å². The summed E-state index contributed by atoms with van der Waals surface area (Å²) in [5.41, 5.74) is 0. The third-order valence-electron chi connectivity index (χ3n) is 2.55. The summed E-state index contributed by atoms with van der Waals surface area (Å²) in [6.07, 6.45) is -0.907. The minimum Gasteiger partial charge on any atom is -1.00 e. The Morgan fingerprint density at radius 3 is 2.35 bits per heavy atom. The van der Waals surface area contributed by atoms with Gasteiger partial charge in [0.15, 0.2) is 6.29 Å². The average Bonchev–Trinajstić information content (AvgIpc) is 2.62. The number of nitrogens with zero attached hydrogens (tertiary/aromatic N) is 1. The zero-order valence-electron chi connectivity index (χ0n) is 10.9. The number of hydrogen-bond acceptors (Lipinski definition) is 5. The maximum absolute atomic E-state index is 9.70. The zero-order chi connectivity index (χ0) is 11.4. The molecule has 0 saturated carbocycles. The van der Waals surface area contributed by atoms with E-state index in [0.717, 1.165) is 6.42 Å². The van der Waals surface area contributed by atoms with Crippen molar-refractivity contribution >= 4 is 8.41 Å². The fraction of sp³-hybridized carbons (Fsp3) is 1.00. The van der Waals surface area contributed by atoms with Crippen LogP contribution in [0.3, 0.4) is 0 Å². The number of hydrogen-bond donors (Lipinski definition) is 3. The van der Waals surface area contributed by atoms with Crippen LogP contribution in [0.5, 0.6) is 0 Å². The summed E-state index contributed by atoms with van der Waals surface area (Å²) in [7, 11) is 0. The topological polar surface area (TPSA) is 73.2 Å². The Labute approximate surface area is 127 Å². The summed E-state index contributed by atoms with van der Waals surface area (Å²) < 4.78 is 5.23. The number of rotatable bonds is 5. The van der Waals surface area contributed by atoms with Crippen molar-refractivity contribution in [2.45, 2.75) is 45.4 Å². The van der Waals surface area contributed by atoms with Gasteiger partial charge in [-0.05, 0) is 18.8 Å². The minimum absolute atomic E-state index is 0. The van der Waals surface area contributed by atoms with Crippen LogP contribution in [-0.4, -0.2) is 60.5 Å². The molecule has 4 radical (unpaired) electrons. The molecule has 1 rings (SSSR count). The Balaban J connectivity index is 0. The molecule has 1 heterocycles. The van der Waals surface area contributed by atoms with Crippen molar-refractivity contribution in [1.29, 1.82) is 0 Å². The number of likely N-dealkylation sites (tertiary alicyclic amines) is 1. The Morgan fingerprint density at radius 2 is 1.88 bits per heavy atom. The van der Waals surface area contributed by atoms with Crippen LogP contribution in [0.25, 0.3) is 0 Å². The summed E-state index contributed by atoms with van der Waals surface area (Å²) >= 11 is 0.